The molecular weight excluding hydrogens is 262 g/mol. The van der Waals surface area contributed by atoms with E-state index in [9.17, 15) is 0 Å². The molecule has 1 aromatic carbocycles. The Bertz CT molecular complexity index is 513. The molecular formula is C13H15N3S2. The number of hydrogen-bond donors (Lipinski definition) is 2. The van der Waals surface area contributed by atoms with Crippen molar-refractivity contribution in [1.29, 1.82) is 0 Å². The van der Waals surface area contributed by atoms with E-state index in [0.29, 0.717) is 5.92 Å². The topological polar surface area (TPSA) is 50.9 Å². The highest BCUT2D eigenvalue weighted by Gasteiger charge is 2.30. The first-order chi connectivity index (χ1) is 8.88. The number of aromatic nitrogens is 1. The molecule has 1 aromatic heterocycles. The molecule has 0 bridgehead atoms. The molecule has 0 saturated carbocycles. The molecule has 1 aliphatic rings. The molecule has 0 spiro atoms. The van der Waals surface area contributed by atoms with Gasteiger partial charge >= 0.3 is 0 Å². The maximum Gasteiger partial charge on any atom is 0.0941 e. The van der Waals surface area contributed by atoms with Crippen LogP contribution in [0.15, 0.2) is 40.7 Å². The van der Waals surface area contributed by atoms with Gasteiger partial charge in [0.1, 0.15) is 0 Å². The van der Waals surface area contributed by atoms with E-state index in [4.69, 9.17) is 5.84 Å². The average Bonchev–Trinajstić information content (AvgIpc) is 3.05. The van der Waals surface area contributed by atoms with Crippen molar-refractivity contribution in [3.8, 4) is 0 Å². The van der Waals surface area contributed by atoms with Crippen LogP contribution in [0, 0.1) is 0 Å². The summed E-state index contributed by atoms with van der Waals surface area (Å²) in [5.41, 5.74) is 4.40. The SMILES string of the molecule is NNC(Cc1nccs1)C1CSc2ccccc21. The summed E-state index contributed by atoms with van der Waals surface area (Å²) in [6, 6.07) is 8.87. The molecule has 2 aromatic rings. The van der Waals surface area contributed by atoms with Crippen molar-refractivity contribution in [1.82, 2.24) is 10.4 Å². The van der Waals surface area contributed by atoms with Gasteiger partial charge in [0.25, 0.3) is 0 Å². The summed E-state index contributed by atoms with van der Waals surface area (Å²) in [6.07, 6.45) is 2.75. The molecule has 94 valence electrons. The van der Waals surface area contributed by atoms with Crippen molar-refractivity contribution >= 4 is 23.1 Å². The predicted molar refractivity (Wildman–Crippen MR) is 76.8 cm³/mol. The number of rotatable bonds is 4. The van der Waals surface area contributed by atoms with Crippen LogP contribution in [0.5, 0.6) is 0 Å². The highest BCUT2D eigenvalue weighted by Crippen LogP contribution is 2.41. The Morgan fingerprint density at radius 2 is 2.33 bits per heavy atom. The smallest absolute Gasteiger partial charge is 0.0941 e. The number of benzene rings is 1. The molecule has 2 atom stereocenters. The lowest BCUT2D eigenvalue weighted by atomic mass is 9.92. The highest BCUT2D eigenvalue weighted by atomic mass is 32.2. The number of thioether (sulfide) groups is 1. The molecule has 3 nitrogen and oxygen atoms in total. The van der Waals surface area contributed by atoms with Crippen molar-refractivity contribution in [2.75, 3.05) is 5.75 Å². The van der Waals surface area contributed by atoms with Gasteiger partial charge in [0.05, 0.1) is 5.01 Å². The zero-order valence-electron chi connectivity index (χ0n) is 9.87. The number of nitrogens with one attached hydrogen (secondary N) is 1. The summed E-state index contributed by atoms with van der Waals surface area (Å²) in [5, 5.41) is 3.16. The third-order valence-corrected chi connectivity index (χ3v) is 5.33. The second-order valence-electron chi connectivity index (χ2n) is 4.36. The molecule has 2 unspecified atom stereocenters. The minimum atomic E-state index is 0.257. The lowest BCUT2D eigenvalue weighted by Gasteiger charge is -2.22. The lowest BCUT2D eigenvalue weighted by molar-refractivity contribution is 0.462. The van der Waals surface area contributed by atoms with Gasteiger partial charge in [0.15, 0.2) is 0 Å². The number of thiazole rings is 1. The van der Waals surface area contributed by atoms with E-state index >= 15 is 0 Å². The van der Waals surface area contributed by atoms with Crippen molar-refractivity contribution in [3.05, 3.63) is 46.4 Å². The Kier molecular flexibility index (Phi) is 3.65. The Morgan fingerprint density at radius 3 is 3.11 bits per heavy atom. The largest absolute Gasteiger partial charge is 0.271 e. The van der Waals surface area contributed by atoms with E-state index in [-0.39, 0.29) is 6.04 Å². The molecule has 2 heterocycles. The van der Waals surface area contributed by atoms with Crippen LogP contribution in [-0.2, 0) is 6.42 Å². The molecule has 5 heteroatoms. The van der Waals surface area contributed by atoms with Crippen molar-refractivity contribution in [2.24, 2.45) is 5.84 Å². The number of nitrogens with zero attached hydrogens (tertiary/aromatic N) is 1. The third-order valence-electron chi connectivity index (χ3n) is 3.31. The summed E-state index contributed by atoms with van der Waals surface area (Å²) < 4.78 is 0. The van der Waals surface area contributed by atoms with Gasteiger partial charge in [0.2, 0.25) is 0 Å². The number of nitrogens with two attached hydrogens (primary N) is 1. The summed E-state index contributed by atoms with van der Waals surface area (Å²) in [6.45, 7) is 0. The predicted octanol–water partition coefficient (Wildman–Crippen LogP) is 2.41. The number of hydrogen-bond acceptors (Lipinski definition) is 5. The quantitative estimate of drug-likeness (QED) is 0.665. The standard InChI is InChI=1S/C13H15N3S2/c14-16-11(7-13-15-5-6-17-13)10-8-18-12-4-2-1-3-9(10)12/h1-6,10-11,16H,7-8,14H2. The first kappa shape index (κ1) is 12.2. The zero-order valence-corrected chi connectivity index (χ0v) is 11.5. The van der Waals surface area contributed by atoms with Crippen molar-refractivity contribution in [3.63, 3.8) is 0 Å². The van der Waals surface area contributed by atoms with Gasteiger partial charge in [-0.05, 0) is 11.6 Å². The van der Waals surface area contributed by atoms with Gasteiger partial charge in [0, 0.05) is 40.6 Å². The van der Waals surface area contributed by atoms with Crippen LogP contribution in [-0.4, -0.2) is 16.8 Å². The number of hydrazine groups is 1. The van der Waals surface area contributed by atoms with Crippen LogP contribution in [0.2, 0.25) is 0 Å². The monoisotopic (exact) mass is 277 g/mol. The van der Waals surface area contributed by atoms with Crippen molar-refractivity contribution in [2.45, 2.75) is 23.3 Å². The minimum Gasteiger partial charge on any atom is -0.271 e. The molecule has 0 saturated heterocycles. The van der Waals surface area contributed by atoms with E-state index in [1.165, 1.54) is 10.5 Å². The van der Waals surface area contributed by atoms with E-state index in [0.717, 1.165) is 17.2 Å². The summed E-state index contributed by atoms with van der Waals surface area (Å²) >= 11 is 3.61. The third kappa shape index (κ3) is 2.31. The fourth-order valence-corrected chi connectivity index (χ4v) is 4.39. The molecule has 0 aliphatic carbocycles. The molecule has 18 heavy (non-hydrogen) atoms. The second kappa shape index (κ2) is 5.40. The van der Waals surface area contributed by atoms with Crippen LogP contribution in [0.1, 0.15) is 16.5 Å². The Morgan fingerprint density at radius 1 is 1.44 bits per heavy atom. The van der Waals surface area contributed by atoms with Crippen LogP contribution in [0.3, 0.4) is 0 Å². The van der Waals surface area contributed by atoms with Gasteiger partial charge < -0.3 is 0 Å². The normalized spacial score (nSPS) is 19.7. The Hall–Kier alpha value is -0.880. The van der Waals surface area contributed by atoms with Crippen LogP contribution < -0.4 is 11.3 Å². The van der Waals surface area contributed by atoms with Crippen LogP contribution in [0.4, 0.5) is 0 Å². The first-order valence-corrected chi connectivity index (χ1v) is 7.81. The van der Waals surface area contributed by atoms with Crippen molar-refractivity contribution < 1.29 is 0 Å². The fourth-order valence-electron chi connectivity index (χ4n) is 2.38. The van der Waals surface area contributed by atoms with Crippen LogP contribution in [0.25, 0.3) is 0 Å². The van der Waals surface area contributed by atoms with Gasteiger partial charge in [-0.1, -0.05) is 18.2 Å². The molecule has 3 N–H and O–H groups in total. The molecule has 3 rings (SSSR count). The van der Waals surface area contributed by atoms with Gasteiger partial charge in [-0.25, -0.2) is 4.98 Å². The lowest BCUT2D eigenvalue weighted by Crippen LogP contribution is -2.41. The minimum absolute atomic E-state index is 0.257. The first-order valence-electron chi connectivity index (χ1n) is 5.94. The Labute approximate surface area is 115 Å². The molecule has 1 aliphatic heterocycles. The van der Waals surface area contributed by atoms with E-state index in [1.807, 2.05) is 23.3 Å². The molecule has 0 fully saturated rings. The zero-order chi connectivity index (χ0) is 12.4. The average molecular weight is 277 g/mol. The van der Waals surface area contributed by atoms with Gasteiger partial charge in [-0.2, -0.15) is 0 Å². The second-order valence-corrected chi connectivity index (χ2v) is 6.40. The van der Waals surface area contributed by atoms with E-state index in [2.05, 4.69) is 34.7 Å². The van der Waals surface area contributed by atoms with E-state index < -0.39 is 0 Å². The highest BCUT2D eigenvalue weighted by molar-refractivity contribution is 7.99. The van der Waals surface area contributed by atoms with Gasteiger partial charge in [-0.3, -0.25) is 11.3 Å². The van der Waals surface area contributed by atoms with Crippen LogP contribution >= 0.6 is 23.1 Å². The maximum absolute atomic E-state index is 5.74. The van der Waals surface area contributed by atoms with Gasteiger partial charge in [-0.15, -0.1) is 23.1 Å². The summed E-state index contributed by atoms with van der Waals surface area (Å²) in [4.78, 5) is 5.74. The van der Waals surface area contributed by atoms with E-state index in [1.54, 1.807) is 11.3 Å². The maximum atomic E-state index is 5.74. The summed E-state index contributed by atoms with van der Waals surface area (Å²) in [7, 11) is 0. The number of fused-ring (bicyclic) bond motifs is 1. The Balaban J connectivity index is 1.81. The fraction of sp³-hybridized carbons (Fsp3) is 0.308. The summed E-state index contributed by atoms with van der Waals surface area (Å²) in [5.74, 6) is 7.31. The molecule has 0 amide bonds. The molecule has 0 radical (unpaired) electrons.